The van der Waals surface area contributed by atoms with Crippen LogP contribution in [0.15, 0.2) is 16.9 Å². The molecular formula is C18H29F2N5O4S. The Hall–Kier alpha value is -2.11. The van der Waals surface area contributed by atoms with E-state index in [4.69, 9.17) is 4.74 Å². The summed E-state index contributed by atoms with van der Waals surface area (Å²) in [6, 6.07) is 0. The standard InChI is InChI=1S/C18H29F2N5O4S/c1-6-14-15(22(5)30(27,28)25(14)12-13-11-18(13,19)20)21-24-9-7-23(8-10-24)16(26)29-17(2,3)4/h6,13H,7-12H2,1-5H3/b14-6+,21-15+. The van der Waals surface area contributed by atoms with E-state index >= 15 is 0 Å². The number of piperazine rings is 1. The lowest BCUT2D eigenvalue weighted by atomic mass is 10.2. The lowest BCUT2D eigenvalue weighted by Crippen LogP contribution is -2.48. The molecule has 0 aromatic heterocycles. The number of ether oxygens (including phenoxy) is 1. The smallest absolute Gasteiger partial charge is 0.410 e. The molecule has 0 aromatic rings. The topological polar surface area (TPSA) is 85.8 Å². The summed E-state index contributed by atoms with van der Waals surface area (Å²) in [6.07, 6.45) is 0.858. The van der Waals surface area contributed by atoms with Crippen molar-refractivity contribution in [2.24, 2.45) is 11.0 Å². The summed E-state index contributed by atoms with van der Waals surface area (Å²) in [4.78, 5) is 13.8. The molecule has 2 aliphatic heterocycles. The van der Waals surface area contributed by atoms with E-state index in [0.717, 1.165) is 8.61 Å². The van der Waals surface area contributed by atoms with E-state index < -0.39 is 33.7 Å². The van der Waals surface area contributed by atoms with Crippen molar-refractivity contribution in [1.29, 1.82) is 0 Å². The fraction of sp³-hybridized carbons (Fsp3) is 0.778. The summed E-state index contributed by atoms with van der Waals surface area (Å²) in [6.45, 7) is 8.32. The maximum atomic E-state index is 13.4. The summed E-state index contributed by atoms with van der Waals surface area (Å²) in [5, 5.41) is 6.15. The van der Waals surface area contributed by atoms with Gasteiger partial charge in [0.25, 0.3) is 5.92 Å². The van der Waals surface area contributed by atoms with E-state index in [2.05, 4.69) is 5.10 Å². The number of halogens is 2. The minimum absolute atomic E-state index is 0.187. The number of allylic oxidation sites excluding steroid dienone is 1. The molecule has 12 heteroatoms. The second-order valence-corrected chi connectivity index (χ2v) is 10.6. The molecule has 0 radical (unpaired) electrons. The summed E-state index contributed by atoms with van der Waals surface area (Å²) >= 11 is 0. The average molecular weight is 450 g/mol. The Labute approximate surface area is 176 Å². The number of carbonyl (C=O) groups excluding carboxylic acids is 1. The minimum atomic E-state index is -3.95. The number of amidine groups is 1. The van der Waals surface area contributed by atoms with Crippen molar-refractivity contribution < 1.29 is 26.7 Å². The van der Waals surface area contributed by atoms with Gasteiger partial charge in [-0.2, -0.15) is 13.5 Å². The van der Waals surface area contributed by atoms with Crippen LogP contribution in [0, 0.1) is 5.92 Å². The molecule has 3 rings (SSSR count). The first-order chi connectivity index (χ1) is 13.8. The number of rotatable bonds is 3. The largest absolute Gasteiger partial charge is 0.444 e. The van der Waals surface area contributed by atoms with Crippen LogP contribution in [-0.4, -0.2) is 90.2 Å². The quantitative estimate of drug-likeness (QED) is 0.657. The fourth-order valence-electron chi connectivity index (χ4n) is 3.34. The first-order valence-corrected chi connectivity index (χ1v) is 11.3. The molecule has 3 aliphatic rings. The van der Waals surface area contributed by atoms with E-state index in [9.17, 15) is 22.0 Å². The number of hydrazone groups is 1. The average Bonchev–Trinajstić information content (AvgIpc) is 3.19. The van der Waals surface area contributed by atoms with Crippen molar-refractivity contribution in [3.8, 4) is 0 Å². The molecule has 1 aliphatic carbocycles. The molecule has 30 heavy (non-hydrogen) atoms. The van der Waals surface area contributed by atoms with Crippen molar-refractivity contribution in [2.75, 3.05) is 39.8 Å². The van der Waals surface area contributed by atoms with Crippen LogP contribution in [-0.2, 0) is 14.9 Å². The van der Waals surface area contributed by atoms with E-state index in [1.54, 1.807) is 43.7 Å². The summed E-state index contributed by atoms with van der Waals surface area (Å²) in [5.41, 5.74) is -0.298. The Morgan fingerprint density at radius 2 is 1.83 bits per heavy atom. The molecule has 2 saturated heterocycles. The SMILES string of the molecule is C/C=C1\C(=N/N2CCN(C(=O)OC(C)(C)C)CC2)N(C)S(=O)(=O)N1CC1CC1(F)F. The Morgan fingerprint density at radius 1 is 1.27 bits per heavy atom. The van der Waals surface area contributed by atoms with Crippen molar-refractivity contribution >= 4 is 22.1 Å². The van der Waals surface area contributed by atoms with Gasteiger partial charge >= 0.3 is 16.3 Å². The molecule has 1 amide bonds. The maximum absolute atomic E-state index is 13.4. The van der Waals surface area contributed by atoms with Crippen LogP contribution in [0.25, 0.3) is 0 Å². The second kappa shape index (κ2) is 7.54. The third kappa shape index (κ3) is 4.47. The van der Waals surface area contributed by atoms with Crippen molar-refractivity contribution in [1.82, 2.24) is 18.5 Å². The summed E-state index contributed by atoms with van der Waals surface area (Å²) < 4.78 is 59.6. The van der Waals surface area contributed by atoms with Crippen LogP contribution >= 0.6 is 0 Å². The minimum Gasteiger partial charge on any atom is -0.444 e. The zero-order chi connectivity index (χ0) is 22.5. The van der Waals surface area contributed by atoms with Gasteiger partial charge in [0, 0.05) is 39.0 Å². The van der Waals surface area contributed by atoms with Crippen LogP contribution < -0.4 is 0 Å². The van der Waals surface area contributed by atoms with Crippen LogP contribution in [0.3, 0.4) is 0 Å². The van der Waals surface area contributed by atoms with Crippen molar-refractivity contribution in [3.63, 3.8) is 0 Å². The molecule has 170 valence electrons. The van der Waals surface area contributed by atoms with Crippen LogP contribution in [0.5, 0.6) is 0 Å². The third-order valence-electron chi connectivity index (χ3n) is 5.18. The molecule has 0 aromatic carbocycles. The third-order valence-corrected chi connectivity index (χ3v) is 6.95. The molecule has 3 fully saturated rings. The molecular weight excluding hydrogens is 420 g/mol. The zero-order valence-corrected chi connectivity index (χ0v) is 18.7. The lowest BCUT2D eigenvalue weighted by molar-refractivity contribution is 0.0147. The highest BCUT2D eigenvalue weighted by molar-refractivity contribution is 7.88. The predicted octanol–water partition coefficient (Wildman–Crippen LogP) is 1.90. The summed E-state index contributed by atoms with van der Waals surface area (Å²) in [5.74, 6) is -3.61. The Kier molecular flexibility index (Phi) is 5.67. The van der Waals surface area contributed by atoms with Gasteiger partial charge in [-0.25, -0.2) is 22.2 Å². The lowest BCUT2D eigenvalue weighted by Gasteiger charge is -2.34. The van der Waals surface area contributed by atoms with Crippen LogP contribution in [0.1, 0.15) is 34.1 Å². The van der Waals surface area contributed by atoms with Gasteiger partial charge in [-0.3, -0.25) is 5.01 Å². The number of nitrogens with zero attached hydrogens (tertiary/aromatic N) is 5. The highest BCUT2D eigenvalue weighted by Gasteiger charge is 2.59. The molecule has 0 bridgehead atoms. The van der Waals surface area contributed by atoms with Gasteiger partial charge in [0.2, 0.25) is 0 Å². The highest BCUT2D eigenvalue weighted by Crippen LogP contribution is 2.50. The van der Waals surface area contributed by atoms with E-state index in [1.165, 1.54) is 7.05 Å². The molecule has 1 unspecified atom stereocenters. The maximum Gasteiger partial charge on any atom is 0.410 e. The van der Waals surface area contributed by atoms with Gasteiger partial charge < -0.3 is 9.64 Å². The second-order valence-electron chi connectivity index (χ2n) is 8.69. The van der Waals surface area contributed by atoms with E-state index in [0.29, 0.717) is 26.2 Å². The van der Waals surface area contributed by atoms with Crippen molar-refractivity contribution in [3.05, 3.63) is 11.8 Å². The number of likely N-dealkylation sites (N-methyl/N-ethyl adjacent to an activating group) is 1. The van der Waals surface area contributed by atoms with Gasteiger partial charge in [-0.05, 0) is 27.7 Å². The normalized spacial score (nSPS) is 28.4. The predicted molar refractivity (Wildman–Crippen MR) is 107 cm³/mol. The van der Waals surface area contributed by atoms with Crippen LogP contribution in [0.2, 0.25) is 0 Å². The number of hydrogen-bond donors (Lipinski definition) is 0. The number of hydrogen-bond acceptors (Lipinski definition) is 6. The van der Waals surface area contributed by atoms with Crippen LogP contribution in [0.4, 0.5) is 13.6 Å². The Bertz CT molecular complexity index is 860. The Morgan fingerprint density at radius 3 is 2.30 bits per heavy atom. The Balaban J connectivity index is 1.70. The molecule has 9 nitrogen and oxygen atoms in total. The molecule has 0 N–H and O–H groups in total. The number of alkyl halides is 2. The van der Waals surface area contributed by atoms with Gasteiger partial charge in [-0.15, -0.1) is 0 Å². The van der Waals surface area contributed by atoms with Gasteiger partial charge in [-0.1, -0.05) is 6.08 Å². The molecule has 2 heterocycles. The first kappa shape index (κ1) is 22.6. The zero-order valence-electron chi connectivity index (χ0n) is 17.9. The molecule has 1 atom stereocenters. The van der Waals surface area contributed by atoms with Gasteiger partial charge in [0.15, 0.2) is 5.84 Å². The van der Waals surface area contributed by atoms with Gasteiger partial charge in [0.1, 0.15) is 5.60 Å². The first-order valence-electron chi connectivity index (χ1n) is 9.89. The number of carbonyl (C=O) groups is 1. The van der Waals surface area contributed by atoms with E-state index in [1.807, 2.05) is 0 Å². The molecule has 1 saturated carbocycles. The highest BCUT2D eigenvalue weighted by atomic mass is 32.2. The van der Waals surface area contributed by atoms with Crippen molar-refractivity contribution in [2.45, 2.75) is 45.6 Å². The monoisotopic (exact) mass is 449 g/mol. The van der Waals surface area contributed by atoms with Gasteiger partial charge in [0.05, 0.1) is 18.8 Å². The summed E-state index contributed by atoms with van der Waals surface area (Å²) in [7, 11) is -2.59. The van der Waals surface area contributed by atoms with E-state index in [-0.39, 0.29) is 24.5 Å². The fourth-order valence-corrected chi connectivity index (χ4v) is 4.79. The molecule has 0 spiro atoms. The number of amides is 1.